The summed E-state index contributed by atoms with van der Waals surface area (Å²) in [5.74, 6) is 1.04. The Bertz CT molecular complexity index is 2670. The van der Waals surface area contributed by atoms with E-state index in [-0.39, 0.29) is 60.9 Å². The van der Waals surface area contributed by atoms with E-state index in [4.69, 9.17) is 36.8 Å². The molecule has 5 saturated heterocycles. The third kappa shape index (κ3) is 11.8. The number of likely N-dealkylation sites (tertiary alicyclic amines) is 2. The van der Waals surface area contributed by atoms with E-state index in [0.29, 0.717) is 68.5 Å². The standard InChI is InChI=1S/C53H70ClN11O7S2/c1-31-45(73-30-60-31)35-7-8-36(25-59-49(68)39-24-37(67)28-65(39)51(70)47(52(4,5)6)61-33(3)66)40(23-35)72-38-12-19-64(20-13-38)50(69)34-10-17-63(18-11-34)48-44(54)41(9-16-56-48)74-43-27-57-42(26-58-43)62-21-14-53(15-22-62)29-71-32(2)46(53)55/h7-9,16,23,26-27,30,32,34,37-39,46-47,67H,10-15,17-22,24-25,28-29,55H2,1-6H3,(H,59,68)(H,61,66)/t32-,37+,39-,46+,47+/m0/s1. The number of nitrogens with one attached hydrogen (secondary N) is 2. The van der Waals surface area contributed by atoms with Gasteiger partial charge in [0.25, 0.3) is 0 Å². The molecule has 3 aromatic heterocycles. The highest BCUT2D eigenvalue weighted by molar-refractivity contribution is 7.99. The summed E-state index contributed by atoms with van der Waals surface area (Å²) in [5.41, 5.74) is 10.4. The van der Waals surface area contributed by atoms with Gasteiger partial charge in [0, 0.05) is 113 Å². The van der Waals surface area contributed by atoms with Crippen molar-refractivity contribution in [3.05, 3.63) is 64.6 Å². The number of β-amino-alcohol motifs (C(OH)–C–C–N with tert-alkyl or cyclic N) is 1. The Labute approximate surface area is 446 Å². The molecule has 0 unspecified atom stereocenters. The number of thiazole rings is 1. The number of ether oxygens (including phenoxy) is 2. The maximum atomic E-state index is 14.0. The number of pyridine rings is 1. The third-order valence-corrected chi connectivity index (χ3v) is 18.1. The van der Waals surface area contributed by atoms with Gasteiger partial charge in [-0.15, -0.1) is 11.3 Å². The first-order chi connectivity index (χ1) is 35.4. The van der Waals surface area contributed by atoms with E-state index in [1.807, 2.05) is 68.6 Å². The average Bonchev–Trinajstić information content (AvgIpc) is 4.09. The molecule has 398 valence electrons. The number of nitrogens with zero attached hydrogens (tertiary/aromatic N) is 8. The van der Waals surface area contributed by atoms with E-state index in [9.17, 15) is 24.3 Å². The van der Waals surface area contributed by atoms with Gasteiger partial charge < -0.3 is 50.5 Å². The average molecular weight is 1070 g/mol. The summed E-state index contributed by atoms with van der Waals surface area (Å²) in [4.78, 5) is 82.1. The number of carbonyl (C=O) groups excluding carboxylic acids is 4. The zero-order chi connectivity index (χ0) is 52.5. The Hall–Kier alpha value is -5.12. The van der Waals surface area contributed by atoms with E-state index >= 15 is 0 Å². The zero-order valence-corrected chi connectivity index (χ0v) is 45.6. The fraction of sp³-hybridized carbons (Fsp3) is 0.585. The number of hydrogen-bond acceptors (Lipinski definition) is 16. The SMILES string of the molecule is CC(=O)N[C@H](C(=O)N1C[C@H](O)C[C@H]1C(=O)NCc1ccc(-c2scnc2C)cc1OC1CCN(C(=O)C2CCN(c3nccc(Sc4cnc(N5CCC6(CC5)CO[C@@H](C)[C@H]6N)cn4)c3Cl)CC2)CC1)C(C)(C)C. The second-order valence-electron chi connectivity index (χ2n) is 21.8. The molecule has 5 aliphatic heterocycles. The number of hydrogen-bond donors (Lipinski definition) is 4. The molecule has 5 aliphatic rings. The van der Waals surface area contributed by atoms with Crippen LogP contribution in [0.1, 0.15) is 90.8 Å². The molecule has 5 fully saturated rings. The molecule has 8 heterocycles. The predicted octanol–water partition coefficient (Wildman–Crippen LogP) is 5.86. The maximum Gasteiger partial charge on any atom is 0.246 e. The molecule has 5 N–H and O–H groups in total. The Morgan fingerprint density at radius 1 is 1.00 bits per heavy atom. The summed E-state index contributed by atoms with van der Waals surface area (Å²) in [6.07, 6.45) is 9.10. The minimum Gasteiger partial charge on any atom is -0.490 e. The number of aliphatic hydroxyl groups is 1. The molecule has 0 radical (unpaired) electrons. The Morgan fingerprint density at radius 3 is 2.38 bits per heavy atom. The summed E-state index contributed by atoms with van der Waals surface area (Å²) in [6, 6.07) is 6.07. The fourth-order valence-corrected chi connectivity index (χ4v) is 13.0. The van der Waals surface area contributed by atoms with Gasteiger partial charge in [-0.05, 0) is 62.6 Å². The predicted molar refractivity (Wildman–Crippen MR) is 285 cm³/mol. The summed E-state index contributed by atoms with van der Waals surface area (Å²) in [6.45, 7) is 15.9. The summed E-state index contributed by atoms with van der Waals surface area (Å²) in [5, 5.41) is 17.7. The van der Waals surface area contributed by atoms with Gasteiger partial charge in [0.05, 0.1) is 52.3 Å². The van der Waals surface area contributed by atoms with Crippen LogP contribution in [0.2, 0.25) is 5.02 Å². The van der Waals surface area contributed by atoms with E-state index in [1.54, 1.807) is 12.4 Å². The van der Waals surface area contributed by atoms with Crippen molar-refractivity contribution in [3.8, 4) is 16.2 Å². The zero-order valence-electron chi connectivity index (χ0n) is 43.2. The van der Waals surface area contributed by atoms with Crippen molar-refractivity contribution >= 4 is 70.0 Å². The summed E-state index contributed by atoms with van der Waals surface area (Å²) >= 11 is 10.0. The Morgan fingerprint density at radius 2 is 1.74 bits per heavy atom. The molecule has 0 bridgehead atoms. The number of rotatable bonds is 13. The van der Waals surface area contributed by atoms with Crippen LogP contribution in [-0.2, 0) is 30.5 Å². The second kappa shape index (κ2) is 22.6. The number of aromatic nitrogens is 4. The van der Waals surface area contributed by atoms with Crippen LogP contribution in [0.25, 0.3) is 10.4 Å². The number of aryl methyl sites for hydroxylation is 1. The fourth-order valence-electron chi connectivity index (χ4n) is 11.1. The van der Waals surface area contributed by atoms with Crippen molar-refractivity contribution in [2.24, 2.45) is 22.5 Å². The molecular formula is C53H70ClN11O7S2. The first kappa shape index (κ1) is 53.7. The molecule has 0 aliphatic carbocycles. The van der Waals surface area contributed by atoms with Crippen LogP contribution in [0.5, 0.6) is 5.75 Å². The van der Waals surface area contributed by atoms with Crippen molar-refractivity contribution in [3.63, 3.8) is 0 Å². The largest absolute Gasteiger partial charge is 0.490 e. The number of anilines is 2. The minimum atomic E-state index is -0.916. The molecule has 4 aromatic rings. The summed E-state index contributed by atoms with van der Waals surface area (Å²) < 4.78 is 12.7. The number of aliphatic hydroxyl groups excluding tert-OH is 1. The normalized spacial score (nSPS) is 23.0. The van der Waals surface area contributed by atoms with Crippen LogP contribution in [0.15, 0.2) is 58.3 Å². The number of halogens is 1. The van der Waals surface area contributed by atoms with Gasteiger partial charge in [-0.2, -0.15) is 0 Å². The third-order valence-electron chi connectivity index (χ3n) is 15.6. The monoisotopic (exact) mass is 1070 g/mol. The topological polar surface area (TPSA) is 222 Å². The second-order valence-corrected chi connectivity index (χ2v) is 24.1. The van der Waals surface area contributed by atoms with Crippen molar-refractivity contribution in [2.75, 3.05) is 62.2 Å². The Balaban J connectivity index is 0.774. The molecule has 0 saturated carbocycles. The molecular weight excluding hydrogens is 1000 g/mol. The van der Waals surface area contributed by atoms with Crippen molar-refractivity contribution in [2.45, 2.75) is 139 Å². The van der Waals surface area contributed by atoms with Gasteiger partial charge in [0.15, 0.2) is 0 Å². The van der Waals surface area contributed by atoms with Crippen LogP contribution in [0.3, 0.4) is 0 Å². The number of piperidine rings is 3. The highest BCUT2D eigenvalue weighted by Gasteiger charge is 2.48. The van der Waals surface area contributed by atoms with Crippen LogP contribution < -0.4 is 30.9 Å². The lowest BCUT2D eigenvalue weighted by Crippen LogP contribution is -2.57. The first-order valence-corrected chi connectivity index (χ1v) is 28.0. The van der Waals surface area contributed by atoms with Crippen LogP contribution in [-0.4, -0.2) is 147 Å². The van der Waals surface area contributed by atoms with Crippen LogP contribution >= 0.6 is 34.7 Å². The summed E-state index contributed by atoms with van der Waals surface area (Å²) in [7, 11) is 0. The number of amides is 4. The van der Waals surface area contributed by atoms with E-state index in [2.05, 4.69) is 37.3 Å². The van der Waals surface area contributed by atoms with Gasteiger partial charge >= 0.3 is 0 Å². The number of nitrogens with two attached hydrogens (primary N) is 1. The van der Waals surface area contributed by atoms with Gasteiger partial charge in [0.1, 0.15) is 40.6 Å². The number of carbonyl (C=O) groups is 4. The van der Waals surface area contributed by atoms with E-state index in [0.717, 1.165) is 70.0 Å². The van der Waals surface area contributed by atoms with Gasteiger partial charge in [-0.25, -0.2) is 19.9 Å². The lowest BCUT2D eigenvalue weighted by molar-refractivity contribution is -0.143. The molecule has 74 heavy (non-hydrogen) atoms. The molecule has 9 rings (SSSR count). The van der Waals surface area contributed by atoms with Gasteiger partial charge in [0.2, 0.25) is 23.6 Å². The van der Waals surface area contributed by atoms with Crippen molar-refractivity contribution < 1.29 is 33.8 Å². The van der Waals surface area contributed by atoms with E-state index in [1.165, 1.54) is 34.9 Å². The van der Waals surface area contributed by atoms with E-state index < -0.39 is 35.4 Å². The van der Waals surface area contributed by atoms with Crippen LogP contribution in [0.4, 0.5) is 11.6 Å². The quantitative estimate of drug-likeness (QED) is 0.123. The molecule has 1 spiro atoms. The molecule has 18 nitrogen and oxygen atoms in total. The minimum absolute atomic E-state index is 0.0113. The van der Waals surface area contributed by atoms with Crippen molar-refractivity contribution in [1.82, 2.24) is 40.4 Å². The lowest BCUT2D eigenvalue weighted by Gasteiger charge is -2.41. The first-order valence-electron chi connectivity index (χ1n) is 25.9. The molecule has 4 amide bonds. The molecule has 21 heteroatoms. The number of benzene rings is 1. The van der Waals surface area contributed by atoms with Crippen LogP contribution in [0, 0.1) is 23.7 Å². The lowest BCUT2D eigenvalue weighted by atomic mass is 9.73. The smallest absolute Gasteiger partial charge is 0.246 e. The van der Waals surface area contributed by atoms with Crippen molar-refractivity contribution in [1.29, 1.82) is 0 Å². The highest BCUT2D eigenvalue weighted by Crippen LogP contribution is 2.43. The molecule has 1 aromatic carbocycles. The van der Waals surface area contributed by atoms with Gasteiger partial charge in [-0.1, -0.05) is 56.3 Å². The highest BCUT2D eigenvalue weighted by atomic mass is 35.5. The van der Waals surface area contributed by atoms with Gasteiger partial charge in [-0.3, -0.25) is 19.2 Å². The maximum absolute atomic E-state index is 14.0. The molecule has 5 atom stereocenters. The Kier molecular flexibility index (Phi) is 16.4.